The molecule has 3 rings (SSSR count). The number of ether oxygens (including phenoxy) is 5. The fourth-order valence-corrected chi connectivity index (χ4v) is 5.01. The molecule has 13 heteroatoms. The number of phenols is 1. The normalized spacial score (nSPS) is 13.6. The third-order valence-electron chi connectivity index (χ3n) is 6.18. The van der Waals surface area contributed by atoms with Crippen LogP contribution in [0.1, 0.15) is 32.3 Å². The number of carbonyl (C=O) groups is 4. The van der Waals surface area contributed by atoms with Crippen LogP contribution in [0.15, 0.2) is 64.0 Å². The highest BCUT2D eigenvalue weighted by Gasteiger charge is 2.35. The van der Waals surface area contributed by atoms with Crippen molar-refractivity contribution in [1.82, 2.24) is 5.32 Å². The summed E-state index contributed by atoms with van der Waals surface area (Å²) in [6.45, 7) is 5.94. The van der Waals surface area contributed by atoms with Crippen LogP contribution in [-0.4, -0.2) is 87.9 Å². The van der Waals surface area contributed by atoms with Crippen LogP contribution in [0.4, 0.5) is 5.69 Å². The standard InChI is InChI=1S/C33H40N2O10S/c1-3-44-33(40)30-31(39)28(46-32(30)35-25-7-5-4-6-8-25)22-24-10-11-27(26(37)21-24)45-20-19-43-18-17-42-16-15-41-14-13-34-29(38)12-9-23(2)36/h4-8,10-11,21-22,35,37H,3,9,12-20H2,1-2H3,(H,34,38)/b28-22-. The van der Waals surface area contributed by atoms with Gasteiger partial charge >= 0.3 is 5.97 Å². The van der Waals surface area contributed by atoms with Gasteiger partial charge in [-0.15, -0.1) is 0 Å². The minimum Gasteiger partial charge on any atom is -0.504 e. The number of phenolic OH excluding ortho intramolecular Hbond substituents is 1. The van der Waals surface area contributed by atoms with Gasteiger partial charge in [0, 0.05) is 25.1 Å². The second-order valence-electron chi connectivity index (χ2n) is 9.82. The van der Waals surface area contributed by atoms with Crippen molar-refractivity contribution in [2.75, 3.05) is 64.7 Å². The van der Waals surface area contributed by atoms with Crippen molar-refractivity contribution in [3.63, 3.8) is 0 Å². The molecule has 12 nitrogen and oxygen atoms in total. The number of anilines is 1. The Morgan fingerprint density at radius 2 is 1.57 bits per heavy atom. The third-order valence-corrected chi connectivity index (χ3v) is 7.22. The van der Waals surface area contributed by atoms with Gasteiger partial charge in [0.2, 0.25) is 11.7 Å². The van der Waals surface area contributed by atoms with Gasteiger partial charge in [-0.25, -0.2) is 4.79 Å². The Hall–Kier alpha value is -4.17. The molecule has 2 aromatic rings. The molecule has 0 aliphatic carbocycles. The number of Topliss-reactive ketones (excluding diaryl/α,β-unsaturated/α-hetero) is 2. The number of rotatable bonds is 21. The molecule has 1 heterocycles. The summed E-state index contributed by atoms with van der Waals surface area (Å²) in [6, 6.07) is 14.0. The molecule has 1 amide bonds. The Kier molecular flexibility index (Phi) is 15.8. The second kappa shape index (κ2) is 20.1. The number of thioether (sulfide) groups is 1. The van der Waals surface area contributed by atoms with E-state index in [0.29, 0.717) is 55.1 Å². The van der Waals surface area contributed by atoms with E-state index < -0.39 is 11.8 Å². The maximum atomic E-state index is 13.1. The van der Waals surface area contributed by atoms with Gasteiger partial charge < -0.3 is 44.2 Å². The first-order valence-corrected chi connectivity index (χ1v) is 15.7. The minimum atomic E-state index is -0.700. The van der Waals surface area contributed by atoms with E-state index in [1.165, 1.54) is 13.0 Å². The molecule has 3 N–H and O–H groups in total. The molecule has 0 aromatic heterocycles. The Morgan fingerprint density at radius 1 is 0.891 bits per heavy atom. The van der Waals surface area contributed by atoms with Crippen LogP contribution in [-0.2, 0) is 38.1 Å². The Morgan fingerprint density at radius 3 is 2.22 bits per heavy atom. The molecule has 0 unspecified atom stereocenters. The van der Waals surface area contributed by atoms with E-state index >= 15 is 0 Å². The van der Waals surface area contributed by atoms with Gasteiger partial charge in [0.1, 0.15) is 18.0 Å². The number of nitrogens with one attached hydrogen (secondary N) is 2. The summed E-state index contributed by atoms with van der Waals surface area (Å²) in [5.41, 5.74) is 1.21. The lowest BCUT2D eigenvalue weighted by molar-refractivity contribution is -0.139. The SMILES string of the molecule is CCOC(=O)C1=C(Nc2ccccc2)S/C(=C\c2ccc(OCCOCCOCCOCCNC(=O)CCC(C)=O)c(O)c2)C1=O. The summed E-state index contributed by atoms with van der Waals surface area (Å²) >= 11 is 1.12. The number of esters is 1. The van der Waals surface area contributed by atoms with Crippen LogP contribution in [0.2, 0.25) is 0 Å². The molecule has 46 heavy (non-hydrogen) atoms. The van der Waals surface area contributed by atoms with Gasteiger partial charge in [-0.05, 0) is 49.8 Å². The summed E-state index contributed by atoms with van der Waals surface area (Å²) in [4.78, 5) is 48.4. The van der Waals surface area contributed by atoms with Crippen molar-refractivity contribution < 1.29 is 48.0 Å². The first kappa shape index (κ1) is 36.3. The van der Waals surface area contributed by atoms with E-state index in [1.54, 1.807) is 25.1 Å². The van der Waals surface area contributed by atoms with E-state index in [4.69, 9.17) is 23.7 Å². The number of ketones is 2. The molecule has 0 saturated heterocycles. The van der Waals surface area contributed by atoms with Crippen molar-refractivity contribution in [2.24, 2.45) is 0 Å². The molecule has 1 aliphatic rings. The summed E-state index contributed by atoms with van der Waals surface area (Å²) in [6.07, 6.45) is 2.02. The molecule has 248 valence electrons. The summed E-state index contributed by atoms with van der Waals surface area (Å²) < 4.78 is 27.0. The molecule has 1 aliphatic heterocycles. The fraction of sp³-hybridized carbons (Fsp3) is 0.394. The molecule has 0 bridgehead atoms. The molecular weight excluding hydrogens is 616 g/mol. The van der Waals surface area contributed by atoms with Crippen LogP contribution in [0.5, 0.6) is 11.5 Å². The predicted molar refractivity (Wildman–Crippen MR) is 173 cm³/mol. The van der Waals surface area contributed by atoms with Crippen LogP contribution >= 0.6 is 11.8 Å². The lowest BCUT2D eigenvalue weighted by Gasteiger charge is -2.10. The monoisotopic (exact) mass is 656 g/mol. The highest BCUT2D eigenvalue weighted by Crippen LogP contribution is 2.41. The Bertz CT molecular complexity index is 1390. The predicted octanol–water partition coefficient (Wildman–Crippen LogP) is 3.85. The van der Waals surface area contributed by atoms with E-state index in [0.717, 1.165) is 17.4 Å². The van der Waals surface area contributed by atoms with Crippen molar-refractivity contribution >= 4 is 47.0 Å². The van der Waals surface area contributed by atoms with Crippen molar-refractivity contribution in [3.8, 4) is 11.5 Å². The quantitative estimate of drug-likeness (QED) is 0.0773. The molecule has 0 atom stereocenters. The third kappa shape index (κ3) is 12.7. The number of hydrogen-bond donors (Lipinski definition) is 3. The van der Waals surface area contributed by atoms with Crippen molar-refractivity contribution in [1.29, 1.82) is 0 Å². The zero-order valence-electron chi connectivity index (χ0n) is 26.0. The van der Waals surface area contributed by atoms with Crippen molar-refractivity contribution in [2.45, 2.75) is 26.7 Å². The van der Waals surface area contributed by atoms with E-state index in [-0.39, 0.29) is 61.4 Å². The highest BCUT2D eigenvalue weighted by molar-refractivity contribution is 8.08. The number of benzene rings is 2. The lowest BCUT2D eigenvalue weighted by Crippen LogP contribution is -2.27. The first-order chi connectivity index (χ1) is 22.3. The summed E-state index contributed by atoms with van der Waals surface area (Å²) in [5.74, 6) is -1.19. The number of aromatic hydroxyl groups is 1. The number of amides is 1. The van der Waals surface area contributed by atoms with Gasteiger partial charge in [0.05, 0.1) is 56.2 Å². The maximum absolute atomic E-state index is 13.1. The van der Waals surface area contributed by atoms with Crippen LogP contribution < -0.4 is 15.4 Å². The van der Waals surface area contributed by atoms with E-state index in [9.17, 15) is 24.3 Å². The van der Waals surface area contributed by atoms with Gasteiger partial charge in [-0.2, -0.15) is 0 Å². The van der Waals surface area contributed by atoms with Gasteiger partial charge in [0.15, 0.2) is 11.5 Å². The highest BCUT2D eigenvalue weighted by atomic mass is 32.2. The van der Waals surface area contributed by atoms with E-state index in [1.807, 2.05) is 30.3 Å². The Labute approximate surface area is 272 Å². The van der Waals surface area contributed by atoms with Gasteiger partial charge in [-0.1, -0.05) is 36.0 Å². The average Bonchev–Trinajstić information content (AvgIpc) is 3.33. The van der Waals surface area contributed by atoms with Crippen molar-refractivity contribution in [3.05, 3.63) is 69.6 Å². The van der Waals surface area contributed by atoms with Crippen LogP contribution in [0.25, 0.3) is 6.08 Å². The van der Waals surface area contributed by atoms with E-state index in [2.05, 4.69) is 10.6 Å². The largest absolute Gasteiger partial charge is 0.504 e. The second-order valence-corrected chi connectivity index (χ2v) is 10.9. The number of hydrogen-bond acceptors (Lipinski definition) is 12. The fourth-order valence-electron chi connectivity index (χ4n) is 3.95. The van der Waals surface area contributed by atoms with Crippen LogP contribution in [0, 0.1) is 0 Å². The lowest BCUT2D eigenvalue weighted by atomic mass is 10.1. The zero-order valence-corrected chi connectivity index (χ0v) is 26.8. The maximum Gasteiger partial charge on any atom is 0.344 e. The number of carbonyl (C=O) groups excluding carboxylic acids is 4. The molecule has 0 saturated carbocycles. The molecular formula is C33H40N2O10S. The first-order valence-electron chi connectivity index (χ1n) is 14.9. The van der Waals surface area contributed by atoms with Crippen LogP contribution in [0.3, 0.4) is 0 Å². The Balaban J connectivity index is 1.34. The summed E-state index contributed by atoms with van der Waals surface area (Å²) in [5, 5.41) is 16.7. The summed E-state index contributed by atoms with van der Waals surface area (Å²) in [7, 11) is 0. The van der Waals surface area contributed by atoms with Gasteiger partial charge in [-0.3, -0.25) is 9.59 Å². The number of para-hydroxylation sites is 1. The minimum absolute atomic E-state index is 0.0169. The molecule has 0 fully saturated rings. The zero-order chi connectivity index (χ0) is 33.1. The average molecular weight is 657 g/mol. The number of allylic oxidation sites excluding steroid dienone is 1. The topological polar surface area (TPSA) is 159 Å². The molecule has 0 spiro atoms. The molecule has 0 radical (unpaired) electrons. The molecule has 2 aromatic carbocycles. The smallest absolute Gasteiger partial charge is 0.344 e. The van der Waals surface area contributed by atoms with Gasteiger partial charge in [0.25, 0.3) is 0 Å².